The first-order valence-electron chi connectivity index (χ1n) is 14.7. The van der Waals surface area contributed by atoms with E-state index in [2.05, 4.69) is 176 Å². The van der Waals surface area contributed by atoms with Gasteiger partial charge in [0.15, 0.2) is 0 Å². The molecule has 42 heavy (non-hydrogen) atoms. The van der Waals surface area contributed by atoms with Crippen LogP contribution < -0.4 is 4.90 Å². The average Bonchev–Trinajstić information content (AvgIpc) is 3.05. The van der Waals surface area contributed by atoms with E-state index < -0.39 is 0 Å². The van der Waals surface area contributed by atoms with Crippen LogP contribution in [-0.4, -0.2) is 0 Å². The van der Waals surface area contributed by atoms with Crippen molar-refractivity contribution in [3.8, 4) is 22.3 Å². The lowest BCUT2D eigenvalue weighted by molar-refractivity contribution is 0.877. The van der Waals surface area contributed by atoms with Gasteiger partial charge in [0.25, 0.3) is 0 Å². The van der Waals surface area contributed by atoms with E-state index in [-0.39, 0.29) is 0 Å². The Bertz CT molecular complexity index is 1930. The fraction of sp³-hybridized carbons (Fsp3) is 0.0732. The molecule has 0 heterocycles. The van der Waals surface area contributed by atoms with Gasteiger partial charge in [0, 0.05) is 17.1 Å². The number of hydrogen-bond acceptors (Lipinski definition) is 1. The Morgan fingerprint density at radius 2 is 0.833 bits per heavy atom. The summed E-state index contributed by atoms with van der Waals surface area (Å²) in [6.07, 6.45) is 0. The van der Waals surface area contributed by atoms with E-state index in [0.717, 1.165) is 17.1 Å². The predicted molar refractivity (Wildman–Crippen MR) is 181 cm³/mol. The Morgan fingerprint density at radius 1 is 0.381 bits per heavy atom. The first-order chi connectivity index (χ1) is 20.7. The zero-order valence-corrected chi connectivity index (χ0v) is 24.0. The smallest absolute Gasteiger partial charge is 0.0462 e. The summed E-state index contributed by atoms with van der Waals surface area (Å²) in [6, 6.07) is 56.9. The van der Waals surface area contributed by atoms with Crippen LogP contribution in [0, 0.1) is 0 Å². The summed E-state index contributed by atoms with van der Waals surface area (Å²) < 4.78 is 0. The van der Waals surface area contributed by atoms with Crippen molar-refractivity contribution in [2.75, 3.05) is 4.90 Å². The molecule has 0 aliphatic heterocycles. The molecule has 202 valence electrons. The summed E-state index contributed by atoms with van der Waals surface area (Å²) in [4.78, 5) is 2.31. The van der Waals surface area contributed by atoms with Gasteiger partial charge in [-0.15, -0.1) is 0 Å². The zero-order valence-electron chi connectivity index (χ0n) is 24.0. The highest BCUT2D eigenvalue weighted by Crippen LogP contribution is 2.46. The lowest BCUT2D eigenvalue weighted by atomic mass is 9.82. The third-order valence-electron chi connectivity index (χ3n) is 8.21. The molecule has 1 heteroatoms. The molecule has 0 spiro atoms. The number of fused-ring (bicyclic) bond motifs is 2. The first-order valence-corrected chi connectivity index (χ1v) is 14.7. The third-order valence-corrected chi connectivity index (χ3v) is 8.21. The molecular formula is C41H33N. The van der Waals surface area contributed by atoms with Crippen LogP contribution >= 0.6 is 0 Å². The maximum Gasteiger partial charge on any atom is 0.0462 e. The lowest BCUT2D eigenvalue weighted by Crippen LogP contribution is -2.09. The average molecular weight is 540 g/mol. The summed E-state index contributed by atoms with van der Waals surface area (Å²) in [6.45, 7) is 4.60. The third kappa shape index (κ3) is 4.54. The summed E-state index contributed by atoms with van der Waals surface area (Å²) in [5, 5.41) is 5.22. The van der Waals surface area contributed by atoms with E-state index in [1.54, 1.807) is 0 Å². The van der Waals surface area contributed by atoms with Gasteiger partial charge < -0.3 is 4.90 Å². The second-order valence-corrected chi connectivity index (χ2v) is 11.1. The van der Waals surface area contributed by atoms with Crippen LogP contribution in [0.3, 0.4) is 0 Å². The van der Waals surface area contributed by atoms with E-state index in [9.17, 15) is 0 Å². The Labute approximate surface area is 248 Å². The predicted octanol–water partition coefficient (Wildman–Crippen LogP) is 11.9. The van der Waals surface area contributed by atoms with Crippen LogP contribution in [-0.2, 0) is 0 Å². The van der Waals surface area contributed by atoms with Gasteiger partial charge in [-0.05, 0) is 91.7 Å². The summed E-state index contributed by atoms with van der Waals surface area (Å²) in [5.74, 6) is 0.401. The first kappa shape index (κ1) is 25.8. The molecule has 0 aliphatic carbocycles. The second kappa shape index (κ2) is 11.0. The minimum absolute atomic E-state index is 0.401. The van der Waals surface area contributed by atoms with Crippen molar-refractivity contribution in [2.45, 2.75) is 19.8 Å². The molecule has 7 rings (SSSR count). The number of anilines is 3. The summed E-state index contributed by atoms with van der Waals surface area (Å²) in [5.41, 5.74) is 9.90. The number of para-hydroxylation sites is 2. The van der Waals surface area contributed by atoms with E-state index in [1.807, 2.05) is 0 Å². The minimum Gasteiger partial charge on any atom is -0.311 e. The Balaban J connectivity index is 1.48. The molecule has 7 aromatic rings. The van der Waals surface area contributed by atoms with Crippen LogP contribution in [0.1, 0.15) is 25.3 Å². The molecule has 0 unspecified atom stereocenters. The number of rotatable bonds is 6. The van der Waals surface area contributed by atoms with Crippen molar-refractivity contribution in [2.24, 2.45) is 0 Å². The second-order valence-electron chi connectivity index (χ2n) is 11.1. The van der Waals surface area contributed by atoms with Crippen molar-refractivity contribution in [1.29, 1.82) is 0 Å². The molecule has 0 N–H and O–H groups in total. The molecule has 0 aromatic heterocycles. The molecule has 0 saturated carbocycles. The normalized spacial score (nSPS) is 11.3. The van der Waals surface area contributed by atoms with Gasteiger partial charge in [-0.2, -0.15) is 0 Å². The topological polar surface area (TPSA) is 3.24 Å². The highest BCUT2D eigenvalue weighted by molar-refractivity contribution is 6.22. The maximum absolute atomic E-state index is 2.31. The summed E-state index contributed by atoms with van der Waals surface area (Å²) >= 11 is 0. The fourth-order valence-corrected chi connectivity index (χ4v) is 6.33. The van der Waals surface area contributed by atoms with E-state index in [1.165, 1.54) is 49.4 Å². The van der Waals surface area contributed by atoms with Gasteiger partial charge in [0.05, 0.1) is 0 Å². The van der Waals surface area contributed by atoms with Gasteiger partial charge in [0.2, 0.25) is 0 Å². The fourth-order valence-electron chi connectivity index (χ4n) is 6.33. The quantitative estimate of drug-likeness (QED) is 0.190. The SMILES string of the molecule is CC(C)c1cccc2c(-c3ccc(N(c4ccccc4)c4ccccc4)cc3)c3ccccc3c(-c3ccccc3)c12. The van der Waals surface area contributed by atoms with E-state index >= 15 is 0 Å². The van der Waals surface area contributed by atoms with Crippen molar-refractivity contribution < 1.29 is 0 Å². The Kier molecular flexibility index (Phi) is 6.78. The Hall–Kier alpha value is -5.14. The van der Waals surface area contributed by atoms with Gasteiger partial charge in [-0.25, -0.2) is 0 Å². The molecule has 0 radical (unpaired) electrons. The zero-order chi connectivity index (χ0) is 28.5. The number of benzene rings is 7. The van der Waals surface area contributed by atoms with Gasteiger partial charge in [-0.3, -0.25) is 0 Å². The lowest BCUT2D eigenvalue weighted by Gasteiger charge is -2.26. The summed E-state index contributed by atoms with van der Waals surface area (Å²) in [7, 11) is 0. The molecule has 0 saturated heterocycles. The highest BCUT2D eigenvalue weighted by atomic mass is 15.1. The molecule has 0 aliphatic rings. The Morgan fingerprint density at radius 3 is 1.40 bits per heavy atom. The molecular weight excluding hydrogens is 506 g/mol. The van der Waals surface area contributed by atoms with Gasteiger partial charge in [0.1, 0.15) is 0 Å². The molecule has 1 nitrogen and oxygen atoms in total. The molecule has 0 bridgehead atoms. The standard InChI is InChI=1S/C41H33N/c1-29(2)35-23-14-24-38-39(36-21-12-13-22-37(36)40(41(35)38)30-15-6-3-7-16-30)31-25-27-34(28-26-31)42(32-17-8-4-9-18-32)33-19-10-5-11-20-33/h3-29H,1-2H3. The van der Waals surface area contributed by atoms with Crippen LogP contribution in [0.25, 0.3) is 43.8 Å². The van der Waals surface area contributed by atoms with Crippen LogP contribution in [0.5, 0.6) is 0 Å². The molecule has 0 fully saturated rings. The van der Waals surface area contributed by atoms with Crippen molar-refractivity contribution in [1.82, 2.24) is 0 Å². The molecule has 0 atom stereocenters. The van der Waals surface area contributed by atoms with Crippen molar-refractivity contribution in [3.63, 3.8) is 0 Å². The number of hydrogen-bond donors (Lipinski definition) is 0. The van der Waals surface area contributed by atoms with Crippen molar-refractivity contribution in [3.05, 3.63) is 163 Å². The van der Waals surface area contributed by atoms with E-state index in [0.29, 0.717) is 5.92 Å². The maximum atomic E-state index is 2.31. The van der Waals surface area contributed by atoms with Crippen LogP contribution in [0.15, 0.2) is 158 Å². The molecule has 0 amide bonds. The monoisotopic (exact) mass is 539 g/mol. The highest BCUT2D eigenvalue weighted by Gasteiger charge is 2.20. The molecule has 7 aromatic carbocycles. The minimum atomic E-state index is 0.401. The van der Waals surface area contributed by atoms with Crippen LogP contribution in [0.2, 0.25) is 0 Å². The van der Waals surface area contributed by atoms with Crippen molar-refractivity contribution >= 4 is 38.6 Å². The van der Waals surface area contributed by atoms with Gasteiger partial charge in [-0.1, -0.05) is 135 Å². The van der Waals surface area contributed by atoms with Gasteiger partial charge >= 0.3 is 0 Å². The largest absolute Gasteiger partial charge is 0.311 e. The van der Waals surface area contributed by atoms with Crippen LogP contribution in [0.4, 0.5) is 17.1 Å². The van der Waals surface area contributed by atoms with E-state index in [4.69, 9.17) is 0 Å². The number of nitrogens with zero attached hydrogens (tertiary/aromatic N) is 1.